The number of aryl methyl sites for hydroxylation is 1. The van der Waals surface area contributed by atoms with Crippen molar-refractivity contribution in [3.63, 3.8) is 0 Å². The summed E-state index contributed by atoms with van der Waals surface area (Å²) in [5.41, 5.74) is 2.21. The summed E-state index contributed by atoms with van der Waals surface area (Å²) in [6, 6.07) is 5.80. The van der Waals surface area contributed by atoms with Crippen LogP contribution in [0.15, 0.2) is 18.2 Å². The van der Waals surface area contributed by atoms with E-state index in [1.165, 1.54) is 0 Å². The largest absolute Gasteiger partial charge is 0.483 e. The van der Waals surface area contributed by atoms with Gasteiger partial charge in [0, 0.05) is 13.1 Å². The van der Waals surface area contributed by atoms with E-state index in [1.54, 1.807) is 4.90 Å². The maximum absolute atomic E-state index is 11.9. The predicted molar refractivity (Wildman–Crippen MR) is 68.6 cm³/mol. The Morgan fingerprint density at radius 2 is 2.28 bits per heavy atom. The molecular weight excluding hydrogens is 230 g/mol. The van der Waals surface area contributed by atoms with E-state index in [4.69, 9.17) is 4.74 Å². The summed E-state index contributed by atoms with van der Waals surface area (Å²) >= 11 is 0. The summed E-state index contributed by atoms with van der Waals surface area (Å²) in [5.74, 6) is 0.690. The molecule has 1 aliphatic heterocycles. The van der Waals surface area contributed by atoms with Crippen LogP contribution in [-0.4, -0.2) is 41.7 Å². The average molecular weight is 249 g/mol. The number of nitrogens with zero attached hydrogens (tertiary/aromatic N) is 1. The predicted octanol–water partition coefficient (Wildman–Crippen LogP) is 1.28. The maximum Gasteiger partial charge on any atom is 0.260 e. The van der Waals surface area contributed by atoms with Gasteiger partial charge >= 0.3 is 0 Å². The van der Waals surface area contributed by atoms with Crippen molar-refractivity contribution in [2.75, 3.05) is 19.7 Å². The maximum atomic E-state index is 11.9. The third-order valence-corrected chi connectivity index (χ3v) is 3.42. The first-order chi connectivity index (χ1) is 8.58. The molecule has 1 amide bonds. The Morgan fingerprint density at radius 3 is 2.94 bits per heavy atom. The van der Waals surface area contributed by atoms with Gasteiger partial charge in [-0.3, -0.25) is 4.79 Å². The number of ether oxygens (including phenoxy) is 1. The van der Waals surface area contributed by atoms with Crippen molar-refractivity contribution in [1.82, 2.24) is 4.90 Å². The number of hydrogen-bond donors (Lipinski definition) is 1. The van der Waals surface area contributed by atoms with Gasteiger partial charge in [0.2, 0.25) is 0 Å². The van der Waals surface area contributed by atoms with E-state index in [0.29, 0.717) is 19.5 Å². The molecule has 98 valence electrons. The number of hydrogen-bond acceptors (Lipinski definition) is 3. The zero-order valence-electron chi connectivity index (χ0n) is 10.8. The number of carbonyl (C=O) groups is 1. The van der Waals surface area contributed by atoms with Crippen molar-refractivity contribution in [3.05, 3.63) is 29.3 Å². The van der Waals surface area contributed by atoms with Crippen LogP contribution in [-0.2, 0) is 4.79 Å². The highest BCUT2D eigenvalue weighted by Crippen LogP contribution is 2.20. The van der Waals surface area contributed by atoms with Crippen molar-refractivity contribution >= 4 is 5.91 Å². The van der Waals surface area contributed by atoms with Crippen LogP contribution in [0.5, 0.6) is 5.75 Å². The summed E-state index contributed by atoms with van der Waals surface area (Å²) in [4.78, 5) is 13.5. The van der Waals surface area contributed by atoms with Crippen LogP contribution in [0.3, 0.4) is 0 Å². The highest BCUT2D eigenvalue weighted by atomic mass is 16.5. The van der Waals surface area contributed by atoms with Gasteiger partial charge in [0.1, 0.15) is 5.75 Å². The molecule has 1 atom stereocenters. The normalized spacial score (nSPS) is 19.1. The van der Waals surface area contributed by atoms with Gasteiger partial charge in [0.15, 0.2) is 6.61 Å². The summed E-state index contributed by atoms with van der Waals surface area (Å²) < 4.78 is 5.55. The van der Waals surface area contributed by atoms with Crippen LogP contribution in [0.4, 0.5) is 0 Å². The Morgan fingerprint density at radius 1 is 1.50 bits per heavy atom. The Bertz CT molecular complexity index is 445. The SMILES string of the molecule is Cc1cccc(OCC(=O)N2CC[C@H](O)C2)c1C. The second-order valence-electron chi connectivity index (χ2n) is 4.77. The Kier molecular flexibility index (Phi) is 3.87. The minimum atomic E-state index is -0.380. The lowest BCUT2D eigenvalue weighted by Gasteiger charge is -2.16. The first kappa shape index (κ1) is 12.9. The van der Waals surface area contributed by atoms with E-state index >= 15 is 0 Å². The van der Waals surface area contributed by atoms with E-state index < -0.39 is 0 Å². The molecule has 1 heterocycles. The highest BCUT2D eigenvalue weighted by molar-refractivity contribution is 5.78. The summed E-state index contributed by atoms with van der Waals surface area (Å²) in [7, 11) is 0. The fourth-order valence-corrected chi connectivity index (χ4v) is 2.08. The van der Waals surface area contributed by atoms with Crippen molar-refractivity contribution < 1.29 is 14.6 Å². The highest BCUT2D eigenvalue weighted by Gasteiger charge is 2.24. The van der Waals surface area contributed by atoms with Gasteiger partial charge in [0.25, 0.3) is 5.91 Å². The van der Waals surface area contributed by atoms with Gasteiger partial charge < -0.3 is 14.7 Å². The third kappa shape index (κ3) is 2.82. The first-order valence-electron chi connectivity index (χ1n) is 6.23. The molecule has 0 unspecified atom stereocenters. The van der Waals surface area contributed by atoms with Gasteiger partial charge in [-0.1, -0.05) is 12.1 Å². The number of β-amino-alcohol motifs (C(OH)–C–C–N with tert-alkyl or cyclic N) is 1. The molecule has 1 aliphatic rings. The van der Waals surface area contributed by atoms with Gasteiger partial charge in [-0.05, 0) is 37.5 Å². The molecule has 0 spiro atoms. The molecule has 0 radical (unpaired) electrons. The number of rotatable bonds is 3. The smallest absolute Gasteiger partial charge is 0.260 e. The first-order valence-corrected chi connectivity index (χ1v) is 6.23. The quantitative estimate of drug-likeness (QED) is 0.877. The number of carbonyl (C=O) groups excluding carboxylic acids is 1. The number of aliphatic hydroxyl groups is 1. The lowest BCUT2D eigenvalue weighted by atomic mass is 10.1. The van der Waals surface area contributed by atoms with Crippen molar-refractivity contribution in [3.8, 4) is 5.75 Å². The lowest BCUT2D eigenvalue weighted by molar-refractivity contribution is -0.132. The molecule has 0 aromatic heterocycles. The van der Waals surface area contributed by atoms with E-state index in [2.05, 4.69) is 0 Å². The lowest BCUT2D eigenvalue weighted by Crippen LogP contribution is -2.33. The monoisotopic (exact) mass is 249 g/mol. The van der Waals surface area contributed by atoms with Crippen LogP contribution >= 0.6 is 0 Å². The fourth-order valence-electron chi connectivity index (χ4n) is 2.08. The molecular formula is C14H19NO3. The Labute approximate surface area is 107 Å². The molecule has 0 bridgehead atoms. The number of likely N-dealkylation sites (tertiary alicyclic amines) is 1. The molecule has 18 heavy (non-hydrogen) atoms. The minimum Gasteiger partial charge on any atom is -0.483 e. The summed E-state index contributed by atoms with van der Waals surface area (Å²) in [6.07, 6.45) is 0.282. The zero-order chi connectivity index (χ0) is 13.1. The Hall–Kier alpha value is -1.55. The summed E-state index contributed by atoms with van der Waals surface area (Å²) in [5, 5.41) is 9.38. The second kappa shape index (κ2) is 5.40. The molecule has 4 heteroatoms. The molecule has 1 fully saturated rings. The van der Waals surface area contributed by atoms with E-state index in [0.717, 1.165) is 16.9 Å². The number of aliphatic hydroxyl groups excluding tert-OH is 1. The average Bonchev–Trinajstić information content (AvgIpc) is 2.77. The Balaban J connectivity index is 1.91. The van der Waals surface area contributed by atoms with Crippen LogP contribution < -0.4 is 4.74 Å². The molecule has 0 aliphatic carbocycles. The van der Waals surface area contributed by atoms with Crippen LogP contribution in [0, 0.1) is 13.8 Å². The number of amides is 1. The molecule has 1 aromatic rings. The summed E-state index contributed by atoms with van der Waals surface area (Å²) in [6.45, 7) is 5.08. The van der Waals surface area contributed by atoms with Gasteiger partial charge in [0.05, 0.1) is 6.10 Å². The molecule has 1 aromatic carbocycles. The standard InChI is InChI=1S/C14H19NO3/c1-10-4-3-5-13(11(10)2)18-9-14(17)15-7-6-12(16)8-15/h3-5,12,16H,6-9H2,1-2H3/t12-/m0/s1. The van der Waals surface area contributed by atoms with Crippen molar-refractivity contribution in [1.29, 1.82) is 0 Å². The van der Waals surface area contributed by atoms with Crippen LogP contribution in [0.2, 0.25) is 0 Å². The number of benzene rings is 1. The third-order valence-electron chi connectivity index (χ3n) is 3.42. The topological polar surface area (TPSA) is 49.8 Å². The molecule has 0 saturated carbocycles. The van der Waals surface area contributed by atoms with Crippen LogP contribution in [0.25, 0.3) is 0 Å². The van der Waals surface area contributed by atoms with Crippen molar-refractivity contribution in [2.24, 2.45) is 0 Å². The van der Waals surface area contributed by atoms with Crippen LogP contribution in [0.1, 0.15) is 17.5 Å². The minimum absolute atomic E-state index is 0.0387. The molecule has 4 nitrogen and oxygen atoms in total. The van der Waals surface area contributed by atoms with Crippen molar-refractivity contribution in [2.45, 2.75) is 26.4 Å². The van der Waals surface area contributed by atoms with E-state index in [-0.39, 0.29) is 18.6 Å². The van der Waals surface area contributed by atoms with Gasteiger partial charge in [-0.15, -0.1) is 0 Å². The molecule has 1 saturated heterocycles. The molecule has 2 rings (SSSR count). The fraction of sp³-hybridized carbons (Fsp3) is 0.500. The van der Waals surface area contributed by atoms with E-state index in [1.807, 2.05) is 32.0 Å². The molecule has 1 N–H and O–H groups in total. The zero-order valence-corrected chi connectivity index (χ0v) is 10.8. The second-order valence-corrected chi connectivity index (χ2v) is 4.77. The van der Waals surface area contributed by atoms with Gasteiger partial charge in [-0.2, -0.15) is 0 Å². The van der Waals surface area contributed by atoms with E-state index in [9.17, 15) is 9.90 Å². The van der Waals surface area contributed by atoms with Gasteiger partial charge in [-0.25, -0.2) is 0 Å².